The molecule has 0 aliphatic heterocycles. The van der Waals surface area contributed by atoms with Gasteiger partial charge < -0.3 is 14.9 Å². The molecule has 0 spiro atoms. The van der Waals surface area contributed by atoms with Crippen LogP contribution in [-0.4, -0.2) is 69.0 Å². The fourth-order valence-electron chi connectivity index (χ4n) is 6.09. The molecular weight excluding hydrogens is 556 g/mol. The number of nitrogens with zero attached hydrogens (tertiary/aromatic N) is 4. The van der Waals surface area contributed by atoms with E-state index in [2.05, 4.69) is 15.5 Å². The maximum Gasteiger partial charge on any atom is 0.287 e. The van der Waals surface area contributed by atoms with Gasteiger partial charge in [0.1, 0.15) is 36.4 Å². The van der Waals surface area contributed by atoms with Crippen LogP contribution in [0.4, 0.5) is 17.6 Å². The summed E-state index contributed by atoms with van der Waals surface area (Å²) in [6.07, 6.45) is -0.0793. The van der Waals surface area contributed by atoms with E-state index in [9.17, 15) is 27.4 Å². The van der Waals surface area contributed by atoms with Gasteiger partial charge in [-0.05, 0) is 64.9 Å². The standard InChI is InChI=1S/C26H28F4N4O5S/c1-2-40(37,38)11-19(35)10-39-20-6-3-17(4-7-20)23-12-24(13-23,14-23)26(29,30)25(36,15-34-16-31-32-33-34)21-8-5-18(27)9-22(21)28/h3-9,16,19,35-36H,2,10-15H2,1H3/t19-,23?,24?,25?/m1/s1. The average Bonchev–Trinajstić information content (AvgIpc) is 3.34. The highest BCUT2D eigenvalue weighted by atomic mass is 32.2. The van der Waals surface area contributed by atoms with Gasteiger partial charge in [0.05, 0.1) is 12.3 Å². The van der Waals surface area contributed by atoms with Gasteiger partial charge in [-0.1, -0.05) is 19.1 Å². The van der Waals surface area contributed by atoms with E-state index in [0.29, 0.717) is 11.8 Å². The molecule has 3 fully saturated rings. The Morgan fingerprint density at radius 2 is 1.80 bits per heavy atom. The van der Waals surface area contributed by atoms with Crippen molar-refractivity contribution in [2.75, 3.05) is 18.1 Å². The molecule has 3 aliphatic rings. The number of tetrazole rings is 1. The molecule has 14 heteroatoms. The Hall–Kier alpha value is -3.10. The molecule has 0 saturated heterocycles. The molecule has 2 N–H and O–H groups in total. The highest BCUT2D eigenvalue weighted by Gasteiger charge is 2.82. The third-order valence-corrected chi connectivity index (χ3v) is 9.94. The number of aliphatic hydroxyl groups is 2. The van der Waals surface area contributed by atoms with Gasteiger partial charge in [-0.2, -0.15) is 0 Å². The molecule has 1 aromatic heterocycles. The smallest absolute Gasteiger partial charge is 0.287 e. The fourth-order valence-corrected chi connectivity index (χ4v) is 7.01. The first-order valence-electron chi connectivity index (χ1n) is 12.6. The Bertz CT molecular complexity index is 1470. The number of sulfone groups is 1. The van der Waals surface area contributed by atoms with Crippen molar-refractivity contribution in [1.29, 1.82) is 0 Å². The minimum atomic E-state index is -3.83. The van der Waals surface area contributed by atoms with Crippen molar-refractivity contribution in [3.05, 3.63) is 71.6 Å². The average molecular weight is 585 g/mol. The summed E-state index contributed by atoms with van der Waals surface area (Å²) in [7, 11) is -3.36. The van der Waals surface area contributed by atoms with E-state index >= 15 is 8.78 Å². The van der Waals surface area contributed by atoms with Crippen molar-refractivity contribution in [2.24, 2.45) is 5.41 Å². The molecule has 216 valence electrons. The first-order valence-corrected chi connectivity index (χ1v) is 14.5. The highest BCUT2D eigenvalue weighted by Crippen LogP contribution is 2.80. The highest BCUT2D eigenvalue weighted by molar-refractivity contribution is 7.91. The zero-order valence-electron chi connectivity index (χ0n) is 21.5. The topological polar surface area (TPSA) is 127 Å². The van der Waals surface area contributed by atoms with Crippen LogP contribution in [0.5, 0.6) is 5.75 Å². The molecule has 0 radical (unpaired) electrons. The molecule has 1 unspecified atom stereocenters. The second kappa shape index (κ2) is 9.77. The van der Waals surface area contributed by atoms with E-state index in [1.54, 1.807) is 24.3 Å². The van der Waals surface area contributed by atoms with Gasteiger partial charge in [-0.3, -0.25) is 0 Å². The lowest BCUT2D eigenvalue weighted by molar-refractivity contribution is -0.347. The van der Waals surface area contributed by atoms with Gasteiger partial charge in [0, 0.05) is 22.8 Å². The Balaban J connectivity index is 1.31. The van der Waals surface area contributed by atoms with Gasteiger partial charge >= 0.3 is 0 Å². The van der Waals surface area contributed by atoms with Crippen molar-refractivity contribution in [3.63, 3.8) is 0 Å². The predicted octanol–water partition coefficient (Wildman–Crippen LogP) is 2.77. The molecule has 3 aliphatic carbocycles. The van der Waals surface area contributed by atoms with Crippen molar-refractivity contribution in [1.82, 2.24) is 20.2 Å². The predicted molar refractivity (Wildman–Crippen MR) is 133 cm³/mol. The molecule has 3 saturated carbocycles. The summed E-state index contributed by atoms with van der Waals surface area (Å²) in [6.45, 7) is 0.420. The zero-order chi connectivity index (χ0) is 29.0. The monoisotopic (exact) mass is 584 g/mol. The lowest BCUT2D eigenvalue weighted by Crippen LogP contribution is -2.76. The molecule has 2 atom stereocenters. The molecule has 2 aromatic carbocycles. The van der Waals surface area contributed by atoms with E-state index in [1.165, 1.54) is 6.92 Å². The van der Waals surface area contributed by atoms with Crippen LogP contribution < -0.4 is 4.74 Å². The molecule has 6 rings (SSSR count). The van der Waals surface area contributed by atoms with Crippen LogP contribution in [0.1, 0.15) is 37.3 Å². The Morgan fingerprint density at radius 1 is 1.12 bits per heavy atom. The largest absolute Gasteiger partial charge is 0.491 e. The van der Waals surface area contributed by atoms with Gasteiger partial charge in [0.15, 0.2) is 15.4 Å². The fraction of sp³-hybridized carbons (Fsp3) is 0.500. The normalized spacial score (nSPS) is 24.5. The SMILES string of the molecule is CCS(=O)(=O)C[C@H](O)COc1ccc(C23CC(C(F)(F)C(O)(Cn4cnnn4)c4ccc(F)cc4F)(C2)C3)cc1. The van der Waals surface area contributed by atoms with Gasteiger partial charge in [0.2, 0.25) is 0 Å². The molecule has 1 heterocycles. The summed E-state index contributed by atoms with van der Waals surface area (Å²) >= 11 is 0. The summed E-state index contributed by atoms with van der Waals surface area (Å²) in [5.41, 5.74) is -5.21. The van der Waals surface area contributed by atoms with Crippen LogP contribution in [0.25, 0.3) is 0 Å². The van der Waals surface area contributed by atoms with Crippen molar-refractivity contribution in [3.8, 4) is 5.75 Å². The Kier molecular flexibility index (Phi) is 6.94. The molecule has 2 bridgehead atoms. The lowest BCUT2D eigenvalue weighted by atomic mass is 9.30. The number of alkyl halides is 2. The van der Waals surface area contributed by atoms with Crippen LogP contribution in [0.2, 0.25) is 0 Å². The number of benzene rings is 2. The minimum Gasteiger partial charge on any atom is -0.491 e. The van der Waals surface area contributed by atoms with E-state index in [4.69, 9.17) is 4.74 Å². The molecule has 3 aromatic rings. The number of hydrogen-bond donors (Lipinski definition) is 2. The summed E-state index contributed by atoms with van der Waals surface area (Å²) in [6, 6.07) is 8.75. The van der Waals surface area contributed by atoms with Crippen LogP contribution in [0.3, 0.4) is 0 Å². The van der Waals surface area contributed by atoms with Crippen molar-refractivity contribution >= 4 is 9.84 Å². The number of ether oxygens (including phenoxy) is 1. The van der Waals surface area contributed by atoms with Crippen LogP contribution in [0.15, 0.2) is 48.8 Å². The summed E-state index contributed by atoms with van der Waals surface area (Å²) in [5, 5.41) is 31.7. The first-order chi connectivity index (χ1) is 18.7. The van der Waals surface area contributed by atoms with Crippen molar-refractivity contribution < 1.29 is 40.9 Å². The quantitative estimate of drug-likeness (QED) is 0.311. The lowest BCUT2D eigenvalue weighted by Gasteiger charge is -2.74. The number of hydrogen-bond acceptors (Lipinski definition) is 8. The van der Waals surface area contributed by atoms with Crippen LogP contribution >= 0.6 is 0 Å². The van der Waals surface area contributed by atoms with Gasteiger partial charge in [0.25, 0.3) is 5.92 Å². The molecular formula is C26H28F4N4O5S. The molecule has 40 heavy (non-hydrogen) atoms. The number of aliphatic hydroxyl groups excluding tert-OH is 1. The number of halogens is 4. The summed E-state index contributed by atoms with van der Waals surface area (Å²) in [4.78, 5) is 0. The Labute approximate surface area is 227 Å². The summed E-state index contributed by atoms with van der Waals surface area (Å²) < 4.78 is 90.6. The third-order valence-electron chi connectivity index (χ3n) is 8.17. The molecule has 0 amide bonds. The van der Waals surface area contributed by atoms with Crippen molar-refractivity contribution in [2.45, 2.75) is 55.8 Å². The van der Waals surface area contributed by atoms with E-state index in [-0.39, 0.29) is 31.6 Å². The maximum atomic E-state index is 16.3. The summed E-state index contributed by atoms with van der Waals surface area (Å²) in [5.74, 6) is -6.22. The molecule has 9 nitrogen and oxygen atoms in total. The van der Waals surface area contributed by atoms with Crippen LogP contribution in [-0.2, 0) is 27.4 Å². The zero-order valence-corrected chi connectivity index (χ0v) is 22.3. The first kappa shape index (κ1) is 28.4. The van der Waals surface area contributed by atoms with Gasteiger partial charge in [-0.15, -0.1) is 5.10 Å². The number of rotatable bonds is 12. The number of aromatic nitrogens is 4. The van der Waals surface area contributed by atoms with E-state index < -0.39 is 67.8 Å². The van der Waals surface area contributed by atoms with E-state index in [1.807, 2.05) is 0 Å². The maximum absolute atomic E-state index is 16.3. The minimum absolute atomic E-state index is 0.0293. The van der Waals surface area contributed by atoms with Gasteiger partial charge in [-0.25, -0.2) is 30.7 Å². The second-order valence-electron chi connectivity index (χ2n) is 10.8. The van der Waals surface area contributed by atoms with Crippen LogP contribution in [0, 0.1) is 17.0 Å². The second-order valence-corrected chi connectivity index (χ2v) is 13.2. The van der Waals surface area contributed by atoms with E-state index in [0.717, 1.165) is 28.7 Å². The third kappa shape index (κ3) is 4.65. The Morgan fingerprint density at radius 3 is 2.38 bits per heavy atom.